The van der Waals surface area contributed by atoms with Gasteiger partial charge in [0.25, 0.3) is 0 Å². The van der Waals surface area contributed by atoms with Crippen molar-refractivity contribution in [3.05, 3.63) is 64.1 Å². The molecule has 0 heterocycles. The zero-order valence-electron chi connectivity index (χ0n) is 11.0. The Bertz CT molecular complexity index is 600. The van der Waals surface area contributed by atoms with Gasteiger partial charge in [0.1, 0.15) is 0 Å². The van der Waals surface area contributed by atoms with Crippen LogP contribution in [0.2, 0.25) is 0 Å². The van der Waals surface area contributed by atoms with Crippen LogP contribution in [-0.4, -0.2) is 6.54 Å². The van der Waals surface area contributed by atoms with Crippen LogP contribution >= 0.6 is 15.9 Å². The van der Waals surface area contributed by atoms with Gasteiger partial charge < -0.3 is 11.1 Å². The Balaban J connectivity index is 2.04. The minimum atomic E-state index is -4.35. The van der Waals surface area contributed by atoms with E-state index in [0.29, 0.717) is 16.7 Å². The Hall–Kier alpha value is -1.53. The molecule has 0 amide bonds. The van der Waals surface area contributed by atoms with Crippen LogP contribution in [0.25, 0.3) is 0 Å². The van der Waals surface area contributed by atoms with Gasteiger partial charge in [0.15, 0.2) is 0 Å². The SMILES string of the molecule is NC(CNc1ccc(C(F)(F)F)cc1Br)c1ccccc1. The summed E-state index contributed by atoms with van der Waals surface area (Å²) >= 11 is 3.14. The minimum absolute atomic E-state index is 0.236. The second-order valence-corrected chi connectivity index (χ2v) is 5.44. The lowest BCUT2D eigenvalue weighted by atomic mass is 10.1. The Kier molecular flexibility index (Phi) is 4.90. The lowest BCUT2D eigenvalue weighted by Gasteiger charge is -2.16. The number of alkyl halides is 3. The van der Waals surface area contributed by atoms with Crippen molar-refractivity contribution in [1.82, 2.24) is 0 Å². The molecule has 0 aromatic heterocycles. The quantitative estimate of drug-likeness (QED) is 0.839. The van der Waals surface area contributed by atoms with Crippen LogP contribution in [0.15, 0.2) is 53.0 Å². The minimum Gasteiger partial charge on any atom is -0.382 e. The molecule has 1 atom stereocenters. The third-order valence-electron chi connectivity index (χ3n) is 3.04. The van der Waals surface area contributed by atoms with Gasteiger partial charge in [0.2, 0.25) is 0 Å². The van der Waals surface area contributed by atoms with Gasteiger partial charge in [-0.2, -0.15) is 13.2 Å². The summed E-state index contributed by atoms with van der Waals surface area (Å²) in [6.45, 7) is 0.425. The van der Waals surface area contributed by atoms with Crippen LogP contribution in [0.5, 0.6) is 0 Å². The fourth-order valence-electron chi connectivity index (χ4n) is 1.87. The number of halogens is 4. The van der Waals surface area contributed by atoms with E-state index < -0.39 is 11.7 Å². The first-order valence-corrected chi connectivity index (χ1v) is 7.08. The second-order valence-electron chi connectivity index (χ2n) is 4.59. The summed E-state index contributed by atoms with van der Waals surface area (Å²) in [5.41, 5.74) is 6.89. The molecular weight excluding hydrogens is 345 g/mol. The molecule has 112 valence electrons. The molecule has 0 spiro atoms. The largest absolute Gasteiger partial charge is 0.416 e. The molecule has 0 saturated heterocycles. The first-order chi connectivity index (χ1) is 9.88. The van der Waals surface area contributed by atoms with Crippen LogP contribution in [0, 0.1) is 0 Å². The molecule has 0 aliphatic rings. The van der Waals surface area contributed by atoms with Crippen LogP contribution in [-0.2, 0) is 6.18 Å². The highest BCUT2D eigenvalue weighted by Gasteiger charge is 2.30. The summed E-state index contributed by atoms with van der Waals surface area (Å²) in [6.07, 6.45) is -4.35. The van der Waals surface area contributed by atoms with Crippen molar-refractivity contribution < 1.29 is 13.2 Å². The summed E-state index contributed by atoms with van der Waals surface area (Å²) in [6, 6.07) is 12.8. The van der Waals surface area contributed by atoms with Crippen LogP contribution < -0.4 is 11.1 Å². The van der Waals surface area contributed by atoms with E-state index in [-0.39, 0.29) is 6.04 Å². The van der Waals surface area contributed by atoms with Gasteiger partial charge in [-0.05, 0) is 39.7 Å². The van der Waals surface area contributed by atoms with Gasteiger partial charge in [-0.1, -0.05) is 30.3 Å². The number of nitrogens with one attached hydrogen (secondary N) is 1. The number of rotatable bonds is 4. The van der Waals surface area contributed by atoms with Gasteiger partial charge in [0.05, 0.1) is 5.56 Å². The monoisotopic (exact) mass is 358 g/mol. The molecule has 0 bridgehead atoms. The Morgan fingerprint density at radius 2 is 1.76 bits per heavy atom. The van der Waals surface area contributed by atoms with E-state index in [9.17, 15) is 13.2 Å². The van der Waals surface area contributed by atoms with Crippen molar-refractivity contribution in [1.29, 1.82) is 0 Å². The molecule has 21 heavy (non-hydrogen) atoms. The molecule has 0 aliphatic heterocycles. The van der Waals surface area contributed by atoms with E-state index in [1.54, 1.807) is 0 Å². The number of nitrogens with two attached hydrogens (primary N) is 1. The molecule has 2 aromatic carbocycles. The fraction of sp³-hybridized carbons (Fsp3) is 0.200. The molecule has 0 saturated carbocycles. The summed E-state index contributed by atoms with van der Waals surface area (Å²) in [4.78, 5) is 0. The molecule has 6 heteroatoms. The standard InChI is InChI=1S/C15H14BrF3N2/c16-12-8-11(15(17,18)19)6-7-14(12)21-9-13(20)10-4-2-1-3-5-10/h1-8,13,21H,9,20H2. The van der Waals surface area contributed by atoms with Gasteiger partial charge in [-0.15, -0.1) is 0 Å². The van der Waals surface area contributed by atoms with Crippen molar-refractivity contribution in [2.75, 3.05) is 11.9 Å². The van der Waals surface area contributed by atoms with Crippen molar-refractivity contribution in [3.8, 4) is 0 Å². The third kappa shape index (κ3) is 4.22. The maximum atomic E-state index is 12.6. The van der Waals surface area contributed by atoms with E-state index in [4.69, 9.17) is 5.73 Å². The van der Waals surface area contributed by atoms with Gasteiger partial charge in [-0.3, -0.25) is 0 Å². The topological polar surface area (TPSA) is 38.0 Å². The van der Waals surface area contributed by atoms with E-state index in [1.807, 2.05) is 30.3 Å². The number of benzene rings is 2. The maximum Gasteiger partial charge on any atom is 0.416 e. The van der Waals surface area contributed by atoms with Crippen LogP contribution in [0.1, 0.15) is 17.2 Å². The number of hydrogen-bond acceptors (Lipinski definition) is 2. The van der Waals surface area contributed by atoms with Crippen molar-refractivity contribution in [2.24, 2.45) is 5.73 Å². The van der Waals surface area contributed by atoms with Crippen LogP contribution in [0.4, 0.5) is 18.9 Å². The summed E-state index contributed by atoms with van der Waals surface area (Å²) < 4.78 is 38.1. The van der Waals surface area contributed by atoms with Gasteiger partial charge >= 0.3 is 6.18 Å². The Morgan fingerprint density at radius 1 is 1.10 bits per heavy atom. The maximum absolute atomic E-state index is 12.6. The van der Waals surface area contributed by atoms with Crippen LogP contribution in [0.3, 0.4) is 0 Å². The highest BCUT2D eigenvalue weighted by molar-refractivity contribution is 9.10. The highest BCUT2D eigenvalue weighted by Crippen LogP contribution is 2.34. The summed E-state index contributed by atoms with van der Waals surface area (Å²) in [7, 11) is 0. The average Bonchev–Trinajstić information content (AvgIpc) is 2.45. The lowest BCUT2D eigenvalue weighted by molar-refractivity contribution is -0.137. The number of hydrogen-bond donors (Lipinski definition) is 2. The van der Waals surface area contributed by atoms with Crippen molar-refractivity contribution in [3.63, 3.8) is 0 Å². The molecule has 0 fully saturated rings. The molecule has 1 unspecified atom stereocenters. The van der Waals surface area contributed by atoms with Crippen molar-refractivity contribution >= 4 is 21.6 Å². The molecule has 0 radical (unpaired) electrons. The first-order valence-electron chi connectivity index (χ1n) is 6.29. The molecule has 2 rings (SSSR count). The van der Waals surface area contributed by atoms with E-state index in [0.717, 1.165) is 17.7 Å². The second kappa shape index (κ2) is 6.49. The summed E-state index contributed by atoms with van der Waals surface area (Å²) in [5, 5.41) is 3.05. The molecule has 2 nitrogen and oxygen atoms in total. The zero-order valence-corrected chi connectivity index (χ0v) is 12.6. The highest BCUT2D eigenvalue weighted by atomic mass is 79.9. The predicted octanol–water partition coefficient (Wildman–Crippen LogP) is 4.58. The smallest absolute Gasteiger partial charge is 0.382 e. The third-order valence-corrected chi connectivity index (χ3v) is 3.69. The van der Waals surface area contributed by atoms with E-state index in [1.165, 1.54) is 6.07 Å². The number of anilines is 1. The first kappa shape index (κ1) is 15.9. The van der Waals surface area contributed by atoms with E-state index >= 15 is 0 Å². The Morgan fingerprint density at radius 3 is 2.33 bits per heavy atom. The average molecular weight is 359 g/mol. The fourth-order valence-corrected chi connectivity index (χ4v) is 2.39. The molecule has 3 N–H and O–H groups in total. The lowest BCUT2D eigenvalue weighted by Crippen LogP contribution is -2.20. The van der Waals surface area contributed by atoms with Gasteiger partial charge in [-0.25, -0.2) is 0 Å². The predicted molar refractivity (Wildman–Crippen MR) is 81.0 cm³/mol. The molecular formula is C15H14BrF3N2. The van der Waals surface area contributed by atoms with Crippen molar-refractivity contribution in [2.45, 2.75) is 12.2 Å². The zero-order chi connectivity index (χ0) is 15.5. The summed E-state index contributed by atoms with van der Waals surface area (Å²) in [5.74, 6) is 0. The molecule has 2 aromatic rings. The van der Waals surface area contributed by atoms with Gasteiger partial charge in [0, 0.05) is 22.7 Å². The molecule has 0 aliphatic carbocycles. The normalized spacial score (nSPS) is 13.0. The Labute approximate surface area is 129 Å². The van der Waals surface area contributed by atoms with E-state index in [2.05, 4.69) is 21.2 Å².